The van der Waals surface area contributed by atoms with E-state index in [4.69, 9.17) is 0 Å². The monoisotopic (exact) mass is 162 g/mol. The van der Waals surface area contributed by atoms with Gasteiger partial charge in [0.15, 0.2) is 0 Å². The van der Waals surface area contributed by atoms with Crippen molar-refractivity contribution < 1.29 is 4.39 Å². The molecule has 1 rings (SSSR count). The molecule has 0 unspecified atom stereocenters. The highest BCUT2D eigenvalue weighted by atomic mass is 19.1. The van der Waals surface area contributed by atoms with E-state index in [0.717, 1.165) is 11.1 Å². The van der Waals surface area contributed by atoms with Crippen molar-refractivity contribution in [1.82, 2.24) is 0 Å². The molecule has 0 aliphatic heterocycles. The van der Waals surface area contributed by atoms with Crippen LogP contribution in [0.4, 0.5) is 4.39 Å². The average Bonchev–Trinajstić information content (AvgIpc) is 2.03. The van der Waals surface area contributed by atoms with Crippen LogP contribution in [0.5, 0.6) is 0 Å². The fourth-order valence-electron chi connectivity index (χ4n) is 1.20. The number of allylic oxidation sites excluding steroid dienone is 1. The molecule has 0 amide bonds. The molecule has 0 saturated heterocycles. The average molecular weight is 162 g/mol. The predicted octanol–water partition coefficient (Wildman–Crippen LogP) is 3.32. The Bertz CT molecular complexity index is 324. The molecule has 0 radical (unpaired) electrons. The molecule has 0 heterocycles. The molecule has 0 saturated carbocycles. The van der Waals surface area contributed by atoms with Crippen LogP contribution in [0.15, 0.2) is 30.5 Å². The van der Waals surface area contributed by atoms with Crippen molar-refractivity contribution in [2.75, 3.05) is 0 Å². The summed E-state index contributed by atoms with van der Waals surface area (Å²) in [5.41, 5.74) is 4.98. The van der Waals surface area contributed by atoms with E-state index in [9.17, 15) is 4.39 Å². The van der Waals surface area contributed by atoms with Crippen LogP contribution in [-0.2, 0) is 0 Å². The molecule has 62 valence electrons. The third kappa shape index (κ3) is 1.46. The molecule has 0 fully saturated rings. The zero-order valence-corrected chi connectivity index (χ0v) is 7.32. The second kappa shape index (κ2) is 3.38. The van der Waals surface area contributed by atoms with Gasteiger partial charge in [0.2, 0.25) is 0 Å². The molecular weight excluding hydrogens is 151 g/mol. The zero-order chi connectivity index (χ0) is 9.14. The largest absolute Gasteiger partial charge is 0.206 e. The standard InChI is InChI=1S/C11H11F/c1-4-8(2)11-9(3)6-5-7-10(11)12/h5-7H,1H2,2-3H3. The number of benzene rings is 1. The first kappa shape index (κ1) is 8.76. The van der Waals surface area contributed by atoms with Gasteiger partial charge < -0.3 is 0 Å². The summed E-state index contributed by atoms with van der Waals surface area (Å²) < 4.78 is 13.2. The Morgan fingerprint density at radius 3 is 2.67 bits per heavy atom. The highest BCUT2D eigenvalue weighted by molar-refractivity contribution is 5.66. The highest BCUT2D eigenvalue weighted by Gasteiger charge is 2.05. The summed E-state index contributed by atoms with van der Waals surface area (Å²) in [6, 6.07) is 5.02. The van der Waals surface area contributed by atoms with E-state index in [2.05, 4.69) is 12.3 Å². The predicted molar refractivity (Wildman–Crippen MR) is 49.4 cm³/mol. The molecule has 0 aromatic heterocycles. The molecule has 12 heavy (non-hydrogen) atoms. The van der Waals surface area contributed by atoms with Crippen LogP contribution < -0.4 is 0 Å². The van der Waals surface area contributed by atoms with Crippen molar-refractivity contribution >= 4 is 5.57 Å². The third-order valence-electron chi connectivity index (χ3n) is 1.86. The van der Waals surface area contributed by atoms with Gasteiger partial charge in [-0.05, 0) is 25.5 Å². The van der Waals surface area contributed by atoms with E-state index in [1.165, 1.54) is 6.07 Å². The minimum Gasteiger partial charge on any atom is -0.206 e. The molecule has 0 nitrogen and oxygen atoms in total. The smallest absolute Gasteiger partial charge is 0.131 e. The molecule has 0 aliphatic rings. The summed E-state index contributed by atoms with van der Waals surface area (Å²) in [5, 5.41) is 0. The van der Waals surface area contributed by atoms with E-state index in [1.54, 1.807) is 13.0 Å². The second-order valence-electron chi connectivity index (χ2n) is 2.73. The minimum atomic E-state index is -0.205. The zero-order valence-electron chi connectivity index (χ0n) is 7.32. The normalized spacial score (nSPS) is 9.25. The van der Waals surface area contributed by atoms with Gasteiger partial charge in [0.1, 0.15) is 5.82 Å². The molecule has 1 aromatic carbocycles. The van der Waals surface area contributed by atoms with Crippen molar-refractivity contribution in [3.63, 3.8) is 0 Å². The quantitative estimate of drug-likeness (QED) is 0.556. The van der Waals surface area contributed by atoms with Gasteiger partial charge in [-0.3, -0.25) is 0 Å². The molecule has 1 aromatic rings. The molecule has 0 bridgehead atoms. The lowest BCUT2D eigenvalue weighted by molar-refractivity contribution is 0.622. The van der Waals surface area contributed by atoms with Crippen LogP contribution >= 0.6 is 0 Å². The van der Waals surface area contributed by atoms with E-state index >= 15 is 0 Å². The van der Waals surface area contributed by atoms with E-state index in [1.807, 2.05) is 13.0 Å². The van der Waals surface area contributed by atoms with Gasteiger partial charge in [0, 0.05) is 11.1 Å². The van der Waals surface area contributed by atoms with E-state index in [-0.39, 0.29) is 5.82 Å². The van der Waals surface area contributed by atoms with Gasteiger partial charge >= 0.3 is 0 Å². The second-order valence-corrected chi connectivity index (χ2v) is 2.73. The van der Waals surface area contributed by atoms with Gasteiger partial charge in [-0.1, -0.05) is 18.7 Å². The number of rotatable bonds is 1. The maximum absolute atomic E-state index is 13.2. The molecule has 0 spiro atoms. The van der Waals surface area contributed by atoms with Gasteiger partial charge in [0.25, 0.3) is 0 Å². The van der Waals surface area contributed by atoms with Crippen LogP contribution in [0, 0.1) is 12.7 Å². The summed E-state index contributed by atoms with van der Waals surface area (Å²) in [7, 11) is 0. The molecule has 0 atom stereocenters. The Labute approximate surface area is 72.0 Å². The molecule has 0 aliphatic carbocycles. The molecule has 0 N–H and O–H groups in total. The maximum atomic E-state index is 13.2. The minimum absolute atomic E-state index is 0.205. The first-order chi connectivity index (χ1) is 5.66. The lowest BCUT2D eigenvalue weighted by Crippen LogP contribution is -1.89. The lowest BCUT2D eigenvalue weighted by Gasteiger charge is -2.04. The van der Waals surface area contributed by atoms with Crippen molar-refractivity contribution in [3.05, 3.63) is 47.5 Å². The summed E-state index contributed by atoms with van der Waals surface area (Å²) >= 11 is 0. The Morgan fingerprint density at radius 1 is 1.50 bits per heavy atom. The van der Waals surface area contributed by atoms with E-state index in [0.29, 0.717) is 5.56 Å². The van der Waals surface area contributed by atoms with Gasteiger partial charge in [0.05, 0.1) is 0 Å². The van der Waals surface area contributed by atoms with Crippen LogP contribution in [0.2, 0.25) is 0 Å². The molecule has 1 heteroatoms. The van der Waals surface area contributed by atoms with Crippen molar-refractivity contribution in [1.29, 1.82) is 0 Å². The first-order valence-corrected chi connectivity index (χ1v) is 3.79. The summed E-state index contributed by atoms with van der Waals surface area (Å²) in [6.45, 7) is 7.17. The van der Waals surface area contributed by atoms with Crippen molar-refractivity contribution in [2.24, 2.45) is 0 Å². The SMILES string of the molecule is C=C=C(C)c1c(C)cccc1F. The Morgan fingerprint density at radius 2 is 2.17 bits per heavy atom. The lowest BCUT2D eigenvalue weighted by atomic mass is 10.0. The summed E-state index contributed by atoms with van der Waals surface area (Å²) in [6.07, 6.45) is 0. The topological polar surface area (TPSA) is 0 Å². The number of hydrogen-bond donors (Lipinski definition) is 0. The van der Waals surface area contributed by atoms with Gasteiger partial charge in [-0.15, -0.1) is 5.73 Å². The summed E-state index contributed by atoms with van der Waals surface area (Å²) in [4.78, 5) is 0. The summed E-state index contributed by atoms with van der Waals surface area (Å²) in [5.74, 6) is -0.205. The first-order valence-electron chi connectivity index (χ1n) is 3.79. The van der Waals surface area contributed by atoms with Crippen molar-refractivity contribution in [2.45, 2.75) is 13.8 Å². The van der Waals surface area contributed by atoms with Gasteiger partial charge in [-0.2, -0.15) is 0 Å². The number of halogens is 1. The maximum Gasteiger partial charge on any atom is 0.131 e. The third-order valence-corrected chi connectivity index (χ3v) is 1.86. The van der Waals surface area contributed by atoms with Crippen LogP contribution in [-0.4, -0.2) is 0 Å². The van der Waals surface area contributed by atoms with E-state index < -0.39 is 0 Å². The highest BCUT2D eigenvalue weighted by Crippen LogP contribution is 2.20. The fraction of sp³-hybridized carbons (Fsp3) is 0.182. The van der Waals surface area contributed by atoms with Crippen LogP contribution in [0.1, 0.15) is 18.1 Å². The van der Waals surface area contributed by atoms with Crippen LogP contribution in [0.25, 0.3) is 5.57 Å². The number of aryl methyl sites for hydroxylation is 1. The molecular formula is C11H11F. The van der Waals surface area contributed by atoms with Gasteiger partial charge in [-0.25, -0.2) is 4.39 Å². The Balaban J connectivity index is 3.41. The van der Waals surface area contributed by atoms with Crippen molar-refractivity contribution in [3.8, 4) is 0 Å². The fourth-order valence-corrected chi connectivity index (χ4v) is 1.20. The Hall–Kier alpha value is -1.33. The Kier molecular flexibility index (Phi) is 2.47. The van der Waals surface area contributed by atoms with Crippen LogP contribution in [0.3, 0.4) is 0 Å². The number of hydrogen-bond acceptors (Lipinski definition) is 0.